The molecule has 130 valence electrons. The Balaban J connectivity index is 3.41. The SMILES string of the molecule is CCCCN(CCCCCCCCCC(=O)OCC)C(C)=O. The summed E-state index contributed by atoms with van der Waals surface area (Å²) < 4.78 is 4.90. The van der Waals surface area contributed by atoms with Crippen molar-refractivity contribution in [3.63, 3.8) is 0 Å². The van der Waals surface area contributed by atoms with E-state index in [2.05, 4.69) is 6.92 Å². The molecule has 0 bridgehead atoms. The van der Waals surface area contributed by atoms with Crippen LogP contribution in [0.3, 0.4) is 0 Å². The highest BCUT2D eigenvalue weighted by Gasteiger charge is 2.06. The van der Waals surface area contributed by atoms with Crippen LogP contribution >= 0.6 is 0 Å². The summed E-state index contributed by atoms with van der Waals surface area (Å²) in [6.45, 7) is 7.94. The second-order valence-corrected chi connectivity index (χ2v) is 5.89. The summed E-state index contributed by atoms with van der Waals surface area (Å²) in [5.41, 5.74) is 0. The number of esters is 1. The second kappa shape index (κ2) is 14.9. The molecule has 0 aromatic carbocycles. The summed E-state index contributed by atoms with van der Waals surface area (Å²) in [6, 6.07) is 0. The molecule has 0 rings (SSSR count). The molecule has 0 spiro atoms. The largest absolute Gasteiger partial charge is 0.466 e. The zero-order valence-electron chi connectivity index (χ0n) is 14.9. The Morgan fingerprint density at radius 1 is 0.818 bits per heavy atom. The smallest absolute Gasteiger partial charge is 0.305 e. The van der Waals surface area contributed by atoms with Crippen molar-refractivity contribution in [1.82, 2.24) is 4.90 Å². The van der Waals surface area contributed by atoms with Crippen LogP contribution in [0.1, 0.15) is 85.0 Å². The van der Waals surface area contributed by atoms with Crippen LogP contribution in [0, 0.1) is 0 Å². The molecule has 0 aromatic heterocycles. The topological polar surface area (TPSA) is 46.6 Å². The molecule has 0 N–H and O–H groups in total. The van der Waals surface area contributed by atoms with Gasteiger partial charge in [-0.2, -0.15) is 0 Å². The summed E-state index contributed by atoms with van der Waals surface area (Å²) in [7, 11) is 0. The van der Waals surface area contributed by atoms with Crippen molar-refractivity contribution in [1.29, 1.82) is 0 Å². The molecule has 0 heterocycles. The van der Waals surface area contributed by atoms with Crippen molar-refractivity contribution in [2.24, 2.45) is 0 Å². The molecule has 4 heteroatoms. The Morgan fingerprint density at radius 3 is 1.91 bits per heavy atom. The zero-order valence-corrected chi connectivity index (χ0v) is 14.9. The van der Waals surface area contributed by atoms with E-state index < -0.39 is 0 Å². The summed E-state index contributed by atoms with van der Waals surface area (Å²) in [6.07, 6.45) is 10.7. The molecule has 0 saturated heterocycles. The molecule has 1 amide bonds. The lowest BCUT2D eigenvalue weighted by atomic mass is 10.1. The van der Waals surface area contributed by atoms with Crippen molar-refractivity contribution < 1.29 is 14.3 Å². The first-order valence-corrected chi connectivity index (χ1v) is 9.02. The molecule has 0 unspecified atom stereocenters. The van der Waals surface area contributed by atoms with E-state index in [1.807, 2.05) is 11.8 Å². The first-order chi connectivity index (χ1) is 10.6. The zero-order chi connectivity index (χ0) is 16.6. The van der Waals surface area contributed by atoms with Crippen LogP contribution in [0.25, 0.3) is 0 Å². The van der Waals surface area contributed by atoms with Gasteiger partial charge in [0.05, 0.1) is 6.61 Å². The Labute approximate surface area is 136 Å². The van der Waals surface area contributed by atoms with Crippen LogP contribution in [0.5, 0.6) is 0 Å². The third-order valence-corrected chi connectivity index (χ3v) is 3.84. The molecule has 0 aliphatic carbocycles. The fourth-order valence-corrected chi connectivity index (χ4v) is 2.46. The van der Waals surface area contributed by atoms with Gasteiger partial charge in [0.25, 0.3) is 0 Å². The first-order valence-electron chi connectivity index (χ1n) is 9.02. The highest BCUT2D eigenvalue weighted by atomic mass is 16.5. The lowest BCUT2D eigenvalue weighted by Gasteiger charge is -2.20. The minimum Gasteiger partial charge on any atom is -0.466 e. The van der Waals surface area contributed by atoms with E-state index in [9.17, 15) is 9.59 Å². The summed E-state index contributed by atoms with van der Waals surface area (Å²) in [5.74, 6) is 0.131. The van der Waals surface area contributed by atoms with Crippen LogP contribution in [0.15, 0.2) is 0 Å². The van der Waals surface area contributed by atoms with Gasteiger partial charge in [0, 0.05) is 26.4 Å². The fourth-order valence-electron chi connectivity index (χ4n) is 2.46. The maximum atomic E-state index is 11.5. The molecular weight excluding hydrogens is 278 g/mol. The molecule has 22 heavy (non-hydrogen) atoms. The Kier molecular flexibility index (Phi) is 14.1. The van der Waals surface area contributed by atoms with Crippen LogP contribution in [0.2, 0.25) is 0 Å². The average Bonchev–Trinajstić information content (AvgIpc) is 2.48. The van der Waals surface area contributed by atoms with E-state index in [0.29, 0.717) is 13.0 Å². The minimum absolute atomic E-state index is 0.0705. The standard InChI is InChI=1S/C18H35NO3/c1-4-6-15-19(17(3)20)16-13-11-9-7-8-10-12-14-18(21)22-5-2/h4-16H2,1-3H3. The molecule has 0 fully saturated rings. The predicted molar refractivity (Wildman–Crippen MR) is 90.7 cm³/mol. The first kappa shape index (κ1) is 20.9. The van der Waals surface area contributed by atoms with Crippen molar-refractivity contribution >= 4 is 11.9 Å². The molecule has 0 aliphatic heterocycles. The Hall–Kier alpha value is -1.06. The van der Waals surface area contributed by atoms with Gasteiger partial charge in [0.1, 0.15) is 0 Å². The minimum atomic E-state index is -0.0705. The Morgan fingerprint density at radius 2 is 1.36 bits per heavy atom. The van der Waals surface area contributed by atoms with Gasteiger partial charge in [-0.05, 0) is 26.2 Å². The van der Waals surface area contributed by atoms with Crippen LogP contribution in [0.4, 0.5) is 0 Å². The number of amides is 1. The summed E-state index contributed by atoms with van der Waals surface area (Å²) in [4.78, 5) is 24.6. The number of nitrogens with zero attached hydrogens (tertiary/aromatic N) is 1. The summed E-state index contributed by atoms with van der Waals surface area (Å²) in [5, 5.41) is 0. The van der Waals surface area contributed by atoms with Crippen LogP contribution in [-0.2, 0) is 14.3 Å². The van der Waals surface area contributed by atoms with E-state index in [0.717, 1.165) is 45.2 Å². The van der Waals surface area contributed by atoms with Gasteiger partial charge < -0.3 is 9.64 Å². The average molecular weight is 313 g/mol. The number of hydrogen-bond acceptors (Lipinski definition) is 3. The van der Waals surface area contributed by atoms with E-state index in [1.54, 1.807) is 6.92 Å². The second-order valence-electron chi connectivity index (χ2n) is 5.89. The molecule has 0 radical (unpaired) electrons. The van der Waals surface area contributed by atoms with Crippen molar-refractivity contribution in [2.75, 3.05) is 19.7 Å². The normalized spacial score (nSPS) is 10.5. The fraction of sp³-hybridized carbons (Fsp3) is 0.889. The Bertz CT molecular complexity index is 292. The maximum Gasteiger partial charge on any atom is 0.305 e. The van der Waals surface area contributed by atoms with E-state index in [4.69, 9.17) is 4.74 Å². The van der Waals surface area contributed by atoms with Gasteiger partial charge in [0.2, 0.25) is 5.91 Å². The predicted octanol–water partition coefficient (Wildman–Crippen LogP) is 4.32. The van der Waals surface area contributed by atoms with Gasteiger partial charge in [-0.25, -0.2) is 0 Å². The van der Waals surface area contributed by atoms with Gasteiger partial charge in [-0.1, -0.05) is 45.4 Å². The maximum absolute atomic E-state index is 11.5. The lowest BCUT2D eigenvalue weighted by molar-refractivity contribution is -0.143. The molecular formula is C18H35NO3. The number of hydrogen-bond donors (Lipinski definition) is 0. The van der Waals surface area contributed by atoms with Crippen LogP contribution in [-0.4, -0.2) is 36.5 Å². The highest BCUT2D eigenvalue weighted by molar-refractivity contribution is 5.73. The van der Waals surface area contributed by atoms with Crippen molar-refractivity contribution in [3.05, 3.63) is 0 Å². The third-order valence-electron chi connectivity index (χ3n) is 3.84. The number of rotatable bonds is 14. The number of ether oxygens (including phenoxy) is 1. The van der Waals surface area contributed by atoms with Gasteiger partial charge in [-0.3, -0.25) is 9.59 Å². The molecule has 0 aliphatic rings. The number of carbonyl (C=O) groups is 2. The van der Waals surface area contributed by atoms with E-state index in [1.165, 1.54) is 25.7 Å². The van der Waals surface area contributed by atoms with E-state index >= 15 is 0 Å². The molecule has 0 aromatic rings. The van der Waals surface area contributed by atoms with Crippen LogP contribution < -0.4 is 0 Å². The summed E-state index contributed by atoms with van der Waals surface area (Å²) >= 11 is 0. The number of carbonyl (C=O) groups excluding carboxylic acids is 2. The molecule has 4 nitrogen and oxygen atoms in total. The van der Waals surface area contributed by atoms with E-state index in [-0.39, 0.29) is 11.9 Å². The third kappa shape index (κ3) is 12.7. The highest BCUT2D eigenvalue weighted by Crippen LogP contribution is 2.10. The molecule has 0 saturated carbocycles. The van der Waals surface area contributed by atoms with Gasteiger partial charge in [0.15, 0.2) is 0 Å². The van der Waals surface area contributed by atoms with Gasteiger partial charge in [-0.15, -0.1) is 0 Å². The quantitative estimate of drug-likeness (QED) is 0.354. The van der Waals surface area contributed by atoms with Crippen molar-refractivity contribution in [3.8, 4) is 0 Å². The monoisotopic (exact) mass is 313 g/mol. The number of unbranched alkanes of at least 4 members (excludes halogenated alkanes) is 7. The van der Waals surface area contributed by atoms with Gasteiger partial charge >= 0.3 is 5.97 Å². The molecule has 0 atom stereocenters. The van der Waals surface area contributed by atoms with Crippen molar-refractivity contribution in [2.45, 2.75) is 85.0 Å². The lowest BCUT2D eigenvalue weighted by Crippen LogP contribution is -2.30.